The van der Waals surface area contributed by atoms with Crippen molar-refractivity contribution in [2.24, 2.45) is 5.41 Å². The van der Waals surface area contributed by atoms with E-state index in [2.05, 4.69) is 28.7 Å². The van der Waals surface area contributed by atoms with Gasteiger partial charge in [-0.25, -0.2) is 4.98 Å². The third kappa shape index (κ3) is 2.32. The molecule has 0 aliphatic carbocycles. The minimum Gasteiger partial charge on any atom is -0.394 e. The van der Waals surface area contributed by atoms with Gasteiger partial charge in [-0.15, -0.1) is 0 Å². The smallest absolute Gasteiger partial charge is 0.224 e. The standard InChI is InChI=1S/C12H19ClN4/c1-3-12(4-2)5-6-17(8-12)10-9(14)7-15-11(13)16-10/h7H,3-6,8,14H2,1-2H3. The highest BCUT2D eigenvalue weighted by Crippen LogP contribution is 2.39. The van der Waals surface area contributed by atoms with Gasteiger partial charge in [0, 0.05) is 13.1 Å². The van der Waals surface area contributed by atoms with Gasteiger partial charge in [0.25, 0.3) is 0 Å². The lowest BCUT2D eigenvalue weighted by Crippen LogP contribution is -2.27. The van der Waals surface area contributed by atoms with Crippen molar-refractivity contribution in [3.63, 3.8) is 0 Å². The molecule has 1 aliphatic heterocycles. The number of aromatic nitrogens is 2. The van der Waals surface area contributed by atoms with E-state index in [1.54, 1.807) is 6.20 Å². The van der Waals surface area contributed by atoms with Crippen LogP contribution in [0.5, 0.6) is 0 Å². The molecule has 94 valence electrons. The van der Waals surface area contributed by atoms with Crippen LogP contribution in [0, 0.1) is 5.41 Å². The predicted molar refractivity (Wildman–Crippen MR) is 71.3 cm³/mol. The van der Waals surface area contributed by atoms with Crippen LogP contribution < -0.4 is 10.6 Å². The first-order valence-electron chi connectivity index (χ1n) is 6.13. The first-order valence-corrected chi connectivity index (χ1v) is 6.51. The molecule has 2 rings (SSSR count). The Morgan fingerprint density at radius 3 is 2.76 bits per heavy atom. The molecule has 0 amide bonds. The predicted octanol–water partition coefficient (Wildman–Crippen LogP) is 2.73. The normalized spacial score (nSPS) is 18.6. The van der Waals surface area contributed by atoms with Crippen molar-refractivity contribution in [3.8, 4) is 0 Å². The molecule has 0 atom stereocenters. The molecule has 4 nitrogen and oxygen atoms in total. The minimum atomic E-state index is 0.264. The van der Waals surface area contributed by atoms with Gasteiger partial charge < -0.3 is 10.6 Å². The number of hydrogen-bond donors (Lipinski definition) is 1. The van der Waals surface area contributed by atoms with E-state index in [1.165, 1.54) is 19.3 Å². The molecule has 0 aromatic carbocycles. The number of anilines is 2. The van der Waals surface area contributed by atoms with Crippen molar-refractivity contribution in [1.82, 2.24) is 9.97 Å². The highest BCUT2D eigenvalue weighted by atomic mass is 35.5. The van der Waals surface area contributed by atoms with Crippen molar-refractivity contribution < 1.29 is 0 Å². The van der Waals surface area contributed by atoms with Crippen LogP contribution in [0.25, 0.3) is 0 Å². The molecule has 2 N–H and O–H groups in total. The van der Waals surface area contributed by atoms with Crippen molar-refractivity contribution in [2.45, 2.75) is 33.1 Å². The van der Waals surface area contributed by atoms with Gasteiger partial charge in [0.05, 0.1) is 11.9 Å². The van der Waals surface area contributed by atoms with Crippen LogP contribution in [-0.2, 0) is 0 Å². The van der Waals surface area contributed by atoms with Crippen LogP contribution in [0.3, 0.4) is 0 Å². The molecule has 1 fully saturated rings. The van der Waals surface area contributed by atoms with Crippen molar-refractivity contribution in [1.29, 1.82) is 0 Å². The Morgan fingerprint density at radius 2 is 2.18 bits per heavy atom. The molecule has 17 heavy (non-hydrogen) atoms. The fourth-order valence-electron chi connectivity index (χ4n) is 2.56. The van der Waals surface area contributed by atoms with Gasteiger partial charge in [-0.2, -0.15) is 4.98 Å². The van der Waals surface area contributed by atoms with Crippen molar-refractivity contribution in [2.75, 3.05) is 23.7 Å². The van der Waals surface area contributed by atoms with Crippen LogP contribution in [0.1, 0.15) is 33.1 Å². The van der Waals surface area contributed by atoms with Gasteiger partial charge in [0.15, 0.2) is 5.82 Å². The first kappa shape index (κ1) is 12.4. The number of rotatable bonds is 3. The monoisotopic (exact) mass is 254 g/mol. The second-order valence-electron chi connectivity index (χ2n) is 4.80. The number of nitrogens with two attached hydrogens (primary N) is 1. The molecule has 2 heterocycles. The lowest BCUT2D eigenvalue weighted by atomic mass is 9.82. The average Bonchev–Trinajstić information content (AvgIpc) is 2.77. The van der Waals surface area contributed by atoms with E-state index in [1.807, 2.05) is 0 Å². The fourth-order valence-corrected chi connectivity index (χ4v) is 2.69. The van der Waals surface area contributed by atoms with E-state index in [0.717, 1.165) is 18.9 Å². The summed E-state index contributed by atoms with van der Waals surface area (Å²) < 4.78 is 0. The second-order valence-corrected chi connectivity index (χ2v) is 5.13. The van der Waals surface area contributed by atoms with Gasteiger partial charge in [0.2, 0.25) is 5.28 Å². The lowest BCUT2D eigenvalue weighted by Gasteiger charge is -2.27. The van der Waals surface area contributed by atoms with Crippen molar-refractivity contribution >= 4 is 23.1 Å². The van der Waals surface area contributed by atoms with E-state index in [0.29, 0.717) is 11.1 Å². The zero-order valence-electron chi connectivity index (χ0n) is 10.4. The van der Waals surface area contributed by atoms with Gasteiger partial charge in [0.1, 0.15) is 0 Å². The maximum Gasteiger partial charge on any atom is 0.224 e. The SMILES string of the molecule is CCC1(CC)CCN(c2nc(Cl)ncc2N)C1. The molecule has 0 spiro atoms. The average molecular weight is 255 g/mol. The molecular weight excluding hydrogens is 236 g/mol. The summed E-state index contributed by atoms with van der Waals surface area (Å²) in [7, 11) is 0. The maximum atomic E-state index is 5.92. The molecule has 0 unspecified atom stereocenters. The van der Waals surface area contributed by atoms with E-state index < -0.39 is 0 Å². The van der Waals surface area contributed by atoms with E-state index >= 15 is 0 Å². The largest absolute Gasteiger partial charge is 0.394 e. The topological polar surface area (TPSA) is 55.0 Å². The molecule has 1 aliphatic rings. The minimum absolute atomic E-state index is 0.264. The Bertz CT molecular complexity index is 403. The zero-order chi connectivity index (χ0) is 12.5. The number of hydrogen-bond acceptors (Lipinski definition) is 4. The summed E-state index contributed by atoms with van der Waals surface area (Å²) in [5, 5.41) is 0.264. The van der Waals surface area contributed by atoms with E-state index in [4.69, 9.17) is 17.3 Å². The van der Waals surface area contributed by atoms with Gasteiger partial charge in [-0.1, -0.05) is 13.8 Å². The number of halogens is 1. The number of nitrogen functional groups attached to an aromatic ring is 1. The van der Waals surface area contributed by atoms with Crippen LogP contribution in [0.4, 0.5) is 11.5 Å². The maximum absolute atomic E-state index is 5.92. The molecule has 5 heteroatoms. The third-order valence-corrected chi connectivity index (χ3v) is 4.19. The molecule has 0 bridgehead atoms. The summed E-state index contributed by atoms with van der Waals surface area (Å²) in [4.78, 5) is 10.4. The molecule has 0 radical (unpaired) electrons. The quantitative estimate of drug-likeness (QED) is 0.843. The Balaban J connectivity index is 2.23. The summed E-state index contributed by atoms with van der Waals surface area (Å²) in [6.07, 6.45) is 5.17. The molecule has 0 saturated carbocycles. The van der Waals surface area contributed by atoms with Gasteiger partial charge in [-0.3, -0.25) is 0 Å². The zero-order valence-corrected chi connectivity index (χ0v) is 11.2. The highest BCUT2D eigenvalue weighted by molar-refractivity contribution is 6.28. The Labute approximate surface area is 107 Å². The van der Waals surface area contributed by atoms with Gasteiger partial charge >= 0.3 is 0 Å². The number of nitrogens with zero attached hydrogens (tertiary/aromatic N) is 3. The molecule has 1 saturated heterocycles. The van der Waals surface area contributed by atoms with Crippen LogP contribution in [0.15, 0.2) is 6.20 Å². The molecule has 1 aromatic rings. The van der Waals surface area contributed by atoms with Crippen LogP contribution in [-0.4, -0.2) is 23.1 Å². The Hall–Kier alpha value is -1.03. The fraction of sp³-hybridized carbons (Fsp3) is 0.667. The van der Waals surface area contributed by atoms with Crippen LogP contribution >= 0.6 is 11.6 Å². The van der Waals surface area contributed by atoms with E-state index in [-0.39, 0.29) is 5.28 Å². The van der Waals surface area contributed by atoms with Crippen LogP contribution in [0.2, 0.25) is 5.28 Å². The summed E-state index contributed by atoms with van der Waals surface area (Å²) in [6.45, 7) is 6.52. The van der Waals surface area contributed by atoms with Gasteiger partial charge in [-0.05, 0) is 36.3 Å². The molecular formula is C12H19ClN4. The Kier molecular flexibility index (Phi) is 3.43. The summed E-state index contributed by atoms with van der Waals surface area (Å²) in [5.41, 5.74) is 6.93. The summed E-state index contributed by atoms with van der Waals surface area (Å²) in [5.74, 6) is 0.786. The first-order chi connectivity index (χ1) is 8.10. The second kappa shape index (κ2) is 4.69. The molecule has 1 aromatic heterocycles. The summed E-state index contributed by atoms with van der Waals surface area (Å²) >= 11 is 5.83. The Morgan fingerprint density at radius 1 is 1.47 bits per heavy atom. The van der Waals surface area contributed by atoms with E-state index in [9.17, 15) is 0 Å². The summed E-state index contributed by atoms with van der Waals surface area (Å²) in [6, 6.07) is 0. The third-order valence-electron chi connectivity index (χ3n) is 4.00. The van der Waals surface area contributed by atoms with Crippen molar-refractivity contribution in [3.05, 3.63) is 11.5 Å². The highest BCUT2D eigenvalue weighted by Gasteiger charge is 2.36. The lowest BCUT2D eigenvalue weighted by molar-refractivity contribution is 0.301.